The summed E-state index contributed by atoms with van der Waals surface area (Å²) in [5.74, 6) is -0.828. The van der Waals surface area contributed by atoms with Crippen molar-refractivity contribution in [2.45, 2.75) is 35.5 Å². The molecule has 7 nitrogen and oxygen atoms in total. The van der Waals surface area contributed by atoms with Crippen molar-refractivity contribution >= 4 is 55.7 Å². The molecule has 0 atom stereocenters. The number of benzene rings is 2. The fourth-order valence-electron chi connectivity index (χ4n) is 4.01. The zero-order chi connectivity index (χ0) is 25.2. The monoisotopic (exact) mass is 530 g/mol. The Balaban J connectivity index is 1.53. The highest BCUT2D eigenvalue weighted by atomic mass is 32.2. The number of amides is 1. The zero-order valence-electron chi connectivity index (χ0n) is 19.7. The minimum Gasteiger partial charge on any atom is -0.465 e. The fourth-order valence-corrected chi connectivity index (χ4v) is 6.89. The van der Waals surface area contributed by atoms with Crippen LogP contribution in [0.5, 0.6) is 0 Å². The summed E-state index contributed by atoms with van der Waals surface area (Å²) < 4.78 is 32.2. The van der Waals surface area contributed by atoms with Gasteiger partial charge in [0.25, 0.3) is 15.9 Å². The molecular weight excluding hydrogens is 504 g/mol. The van der Waals surface area contributed by atoms with E-state index in [9.17, 15) is 18.0 Å². The van der Waals surface area contributed by atoms with E-state index in [1.165, 1.54) is 41.6 Å². The van der Waals surface area contributed by atoms with Crippen LogP contribution in [0.1, 0.15) is 44.0 Å². The number of thioether (sulfide) groups is 1. The molecule has 2 aromatic carbocycles. The highest BCUT2D eigenvalue weighted by Gasteiger charge is 2.27. The molecular formula is C25H26N2O5S3. The molecule has 1 aliphatic rings. The molecule has 1 aromatic heterocycles. The number of ether oxygens (including phenoxy) is 1. The molecule has 0 aliphatic heterocycles. The number of hydrogen-bond donors (Lipinski definition) is 1. The van der Waals surface area contributed by atoms with Gasteiger partial charge in [0.15, 0.2) is 0 Å². The number of thiophene rings is 1. The molecule has 35 heavy (non-hydrogen) atoms. The number of carbonyl (C=O) groups excluding carboxylic acids is 2. The predicted octanol–water partition coefficient (Wildman–Crippen LogP) is 5.21. The van der Waals surface area contributed by atoms with Crippen molar-refractivity contribution in [2.75, 3.05) is 30.0 Å². The number of fused-ring (bicyclic) bond motifs is 1. The molecule has 1 amide bonds. The van der Waals surface area contributed by atoms with Crippen LogP contribution in [-0.4, -0.2) is 40.7 Å². The number of methoxy groups -OCH3 is 1. The molecule has 0 saturated heterocycles. The number of carbonyl (C=O) groups is 2. The molecule has 3 aromatic rings. The first kappa shape index (κ1) is 25.3. The van der Waals surface area contributed by atoms with E-state index in [4.69, 9.17) is 4.74 Å². The van der Waals surface area contributed by atoms with Crippen molar-refractivity contribution in [3.05, 3.63) is 70.1 Å². The summed E-state index contributed by atoms with van der Waals surface area (Å²) in [6.45, 7) is 0. The maximum Gasteiger partial charge on any atom is 0.341 e. The molecule has 0 saturated carbocycles. The van der Waals surface area contributed by atoms with E-state index >= 15 is 0 Å². The molecule has 0 bridgehead atoms. The average molecular weight is 531 g/mol. The summed E-state index contributed by atoms with van der Waals surface area (Å²) in [4.78, 5) is 27.7. The highest BCUT2D eigenvalue weighted by molar-refractivity contribution is 7.98. The van der Waals surface area contributed by atoms with Crippen LogP contribution in [0.4, 0.5) is 10.7 Å². The average Bonchev–Trinajstić information content (AvgIpc) is 3.25. The Morgan fingerprint density at radius 3 is 2.31 bits per heavy atom. The number of esters is 1. The largest absolute Gasteiger partial charge is 0.465 e. The number of aryl methyl sites for hydroxylation is 1. The lowest BCUT2D eigenvalue weighted by molar-refractivity contribution is 0.0601. The lowest BCUT2D eigenvalue weighted by Gasteiger charge is -2.20. The number of nitrogens with one attached hydrogen (secondary N) is 1. The third kappa shape index (κ3) is 5.10. The molecule has 184 valence electrons. The smallest absolute Gasteiger partial charge is 0.341 e. The summed E-state index contributed by atoms with van der Waals surface area (Å²) in [5.41, 5.74) is 2.19. The first-order chi connectivity index (χ1) is 16.8. The van der Waals surface area contributed by atoms with Crippen LogP contribution in [0.25, 0.3) is 0 Å². The SMILES string of the molecule is COC(=O)c1c(NC(=O)c2ccc(N(C)S(=O)(=O)c3ccc(SC)cc3)cc2)sc2c1CCCC2. The van der Waals surface area contributed by atoms with Gasteiger partial charge in [-0.25, -0.2) is 13.2 Å². The van der Waals surface area contributed by atoms with Crippen LogP contribution >= 0.6 is 23.1 Å². The second-order valence-electron chi connectivity index (χ2n) is 8.06. The van der Waals surface area contributed by atoms with Gasteiger partial charge in [0, 0.05) is 22.4 Å². The van der Waals surface area contributed by atoms with Gasteiger partial charge in [-0.15, -0.1) is 23.1 Å². The lowest BCUT2D eigenvalue weighted by Crippen LogP contribution is -2.26. The quantitative estimate of drug-likeness (QED) is 0.333. The van der Waals surface area contributed by atoms with Crippen molar-refractivity contribution in [1.29, 1.82) is 0 Å². The van der Waals surface area contributed by atoms with Gasteiger partial charge in [0.1, 0.15) is 5.00 Å². The zero-order valence-corrected chi connectivity index (χ0v) is 22.1. The molecule has 4 rings (SSSR count). The lowest BCUT2D eigenvalue weighted by atomic mass is 9.95. The van der Waals surface area contributed by atoms with E-state index in [1.807, 2.05) is 6.26 Å². The van der Waals surface area contributed by atoms with Gasteiger partial charge in [0.05, 0.1) is 23.3 Å². The van der Waals surface area contributed by atoms with E-state index in [-0.39, 0.29) is 10.8 Å². The number of nitrogens with zero attached hydrogens (tertiary/aromatic N) is 1. The summed E-state index contributed by atoms with van der Waals surface area (Å²) in [7, 11) is -0.932. The third-order valence-electron chi connectivity index (χ3n) is 6.00. The third-order valence-corrected chi connectivity index (χ3v) is 9.75. The van der Waals surface area contributed by atoms with Gasteiger partial charge >= 0.3 is 5.97 Å². The summed E-state index contributed by atoms with van der Waals surface area (Å²) >= 11 is 2.96. The second-order valence-corrected chi connectivity index (χ2v) is 12.0. The number of hydrogen-bond acceptors (Lipinski definition) is 7. The summed E-state index contributed by atoms with van der Waals surface area (Å²) in [5, 5.41) is 3.35. The second kappa shape index (κ2) is 10.4. The van der Waals surface area contributed by atoms with Gasteiger partial charge in [0.2, 0.25) is 0 Å². The Hall–Kier alpha value is -2.82. The molecule has 10 heteroatoms. The molecule has 0 radical (unpaired) electrons. The van der Waals surface area contributed by atoms with E-state index < -0.39 is 16.0 Å². The van der Waals surface area contributed by atoms with Crippen LogP contribution < -0.4 is 9.62 Å². The van der Waals surface area contributed by atoms with Crippen LogP contribution in [0.2, 0.25) is 0 Å². The number of sulfonamides is 1. The van der Waals surface area contributed by atoms with Crippen molar-refractivity contribution in [3.63, 3.8) is 0 Å². The van der Waals surface area contributed by atoms with Crippen LogP contribution in [-0.2, 0) is 27.6 Å². The van der Waals surface area contributed by atoms with E-state index in [0.717, 1.165) is 41.0 Å². The normalized spacial score (nSPS) is 13.1. The Morgan fingerprint density at radius 2 is 1.69 bits per heavy atom. The predicted molar refractivity (Wildman–Crippen MR) is 141 cm³/mol. The van der Waals surface area contributed by atoms with Gasteiger partial charge < -0.3 is 10.1 Å². The molecule has 0 fully saturated rings. The number of rotatable bonds is 7. The molecule has 1 aliphatic carbocycles. The Morgan fingerprint density at radius 1 is 1.03 bits per heavy atom. The standard InChI is InChI=1S/C25H26N2O5S3/c1-27(35(30,31)19-14-12-18(33-3)13-15-19)17-10-8-16(9-11-17)23(28)26-24-22(25(29)32-2)20-6-4-5-7-21(20)34-24/h8-15H,4-7H2,1-3H3,(H,26,28). The van der Waals surface area contributed by atoms with Crippen LogP contribution in [0.3, 0.4) is 0 Å². The van der Waals surface area contributed by atoms with Crippen molar-refractivity contribution in [3.8, 4) is 0 Å². The van der Waals surface area contributed by atoms with Crippen molar-refractivity contribution in [1.82, 2.24) is 0 Å². The van der Waals surface area contributed by atoms with Crippen molar-refractivity contribution in [2.24, 2.45) is 0 Å². The fraction of sp³-hybridized carbons (Fsp3) is 0.280. The first-order valence-electron chi connectivity index (χ1n) is 11.0. The highest BCUT2D eigenvalue weighted by Crippen LogP contribution is 2.38. The minimum atomic E-state index is -3.74. The van der Waals surface area contributed by atoms with E-state index in [1.54, 1.807) is 48.5 Å². The Kier molecular flexibility index (Phi) is 7.53. The van der Waals surface area contributed by atoms with Crippen LogP contribution in [0, 0.1) is 0 Å². The van der Waals surface area contributed by atoms with Gasteiger partial charge in [-0.1, -0.05) is 0 Å². The van der Waals surface area contributed by atoms with Gasteiger partial charge in [-0.2, -0.15) is 0 Å². The molecule has 1 heterocycles. The number of anilines is 2. The topological polar surface area (TPSA) is 92.8 Å². The first-order valence-corrected chi connectivity index (χ1v) is 14.5. The Bertz CT molecular complexity index is 1350. The maximum absolute atomic E-state index is 13.0. The molecule has 1 N–H and O–H groups in total. The van der Waals surface area contributed by atoms with E-state index in [0.29, 0.717) is 21.8 Å². The van der Waals surface area contributed by atoms with Crippen molar-refractivity contribution < 1.29 is 22.7 Å². The minimum absolute atomic E-state index is 0.191. The maximum atomic E-state index is 13.0. The summed E-state index contributed by atoms with van der Waals surface area (Å²) in [6, 6.07) is 13.0. The van der Waals surface area contributed by atoms with Gasteiger partial charge in [-0.3, -0.25) is 9.10 Å². The summed E-state index contributed by atoms with van der Waals surface area (Å²) in [6.07, 6.45) is 5.66. The molecule has 0 spiro atoms. The van der Waals surface area contributed by atoms with Gasteiger partial charge in [-0.05, 0) is 86.0 Å². The van der Waals surface area contributed by atoms with E-state index in [2.05, 4.69) is 5.32 Å². The Labute approximate surface area is 213 Å². The molecule has 0 unspecified atom stereocenters. The van der Waals surface area contributed by atoms with Crippen LogP contribution in [0.15, 0.2) is 58.3 Å².